The first-order chi connectivity index (χ1) is 10.2. The molecule has 2 N–H and O–H groups in total. The Hall–Kier alpha value is -1.39. The minimum absolute atomic E-state index is 0.133. The maximum atomic E-state index is 12.7. The smallest absolute Gasteiger partial charge is 0.226 e. The van der Waals surface area contributed by atoms with Crippen LogP contribution in [0.25, 0.3) is 0 Å². The largest absolute Gasteiger partial charge is 0.381 e. The highest BCUT2D eigenvalue weighted by Crippen LogP contribution is 2.48. The van der Waals surface area contributed by atoms with Gasteiger partial charge in [-0.3, -0.25) is 4.79 Å². The molecule has 1 amide bonds. The first kappa shape index (κ1) is 14.5. The Labute approximate surface area is 126 Å². The molecule has 2 aliphatic rings. The van der Waals surface area contributed by atoms with E-state index >= 15 is 0 Å². The van der Waals surface area contributed by atoms with Crippen LogP contribution in [0.1, 0.15) is 30.7 Å². The van der Waals surface area contributed by atoms with Gasteiger partial charge in [0.1, 0.15) is 0 Å². The van der Waals surface area contributed by atoms with Gasteiger partial charge >= 0.3 is 0 Å². The van der Waals surface area contributed by atoms with E-state index in [-0.39, 0.29) is 24.0 Å². The summed E-state index contributed by atoms with van der Waals surface area (Å²) in [7, 11) is 1.74. The van der Waals surface area contributed by atoms with Crippen LogP contribution in [0.5, 0.6) is 0 Å². The van der Waals surface area contributed by atoms with Crippen molar-refractivity contribution >= 4 is 5.91 Å². The van der Waals surface area contributed by atoms with Gasteiger partial charge in [-0.05, 0) is 30.7 Å². The van der Waals surface area contributed by atoms with Gasteiger partial charge in [-0.2, -0.15) is 0 Å². The third kappa shape index (κ3) is 2.97. The van der Waals surface area contributed by atoms with E-state index in [0.717, 1.165) is 25.8 Å². The number of rotatable bonds is 4. The van der Waals surface area contributed by atoms with Crippen molar-refractivity contribution in [3.8, 4) is 0 Å². The number of carbonyl (C=O) groups is 1. The average Bonchev–Trinajstić information content (AvgIpc) is 3.35. The second-order valence-corrected chi connectivity index (χ2v) is 6.16. The van der Waals surface area contributed by atoms with E-state index in [2.05, 4.69) is 12.1 Å². The van der Waals surface area contributed by atoms with Crippen molar-refractivity contribution in [2.75, 3.05) is 20.2 Å². The molecule has 0 spiro atoms. The summed E-state index contributed by atoms with van der Waals surface area (Å²) in [4.78, 5) is 14.7. The summed E-state index contributed by atoms with van der Waals surface area (Å²) in [5.41, 5.74) is 7.15. The molecule has 1 aliphatic carbocycles. The van der Waals surface area contributed by atoms with Crippen molar-refractivity contribution in [2.24, 2.45) is 11.7 Å². The Kier molecular flexibility index (Phi) is 4.27. The normalized spacial score (nSPS) is 32.0. The third-order valence-electron chi connectivity index (χ3n) is 4.89. The Morgan fingerprint density at radius 1 is 1.33 bits per heavy atom. The molecular formula is C17H24N2O2. The Morgan fingerprint density at radius 2 is 2.10 bits per heavy atom. The second-order valence-electron chi connectivity index (χ2n) is 6.16. The average molecular weight is 288 g/mol. The summed E-state index contributed by atoms with van der Waals surface area (Å²) in [5, 5.41) is 0. The fraction of sp³-hybridized carbons (Fsp3) is 0.588. The van der Waals surface area contributed by atoms with Crippen LogP contribution in [0.2, 0.25) is 0 Å². The summed E-state index contributed by atoms with van der Waals surface area (Å²) in [5.74, 6) is 0.840. The van der Waals surface area contributed by atoms with Gasteiger partial charge in [0.15, 0.2) is 0 Å². The molecule has 1 aliphatic heterocycles. The van der Waals surface area contributed by atoms with Gasteiger partial charge in [-0.15, -0.1) is 0 Å². The lowest BCUT2D eigenvalue weighted by Crippen LogP contribution is -2.51. The minimum atomic E-state index is 0.133. The van der Waals surface area contributed by atoms with Crippen molar-refractivity contribution in [1.29, 1.82) is 0 Å². The van der Waals surface area contributed by atoms with Gasteiger partial charge in [0, 0.05) is 32.2 Å². The molecule has 4 nitrogen and oxygen atoms in total. The maximum Gasteiger partial charge on any atom is 0.226 e. The predicted octanol–water partition coefficient (Wildman–Crippen LogP) is 1.75. The van der Waals surface area contributed by atoms with Gasteiger partial charge in [-0.1, -0.05) is 30.3 Å². The number of methoxy groups -OCH3 is 1. The zero-order chi connectivity index (χ0) is 14.8. The summed E-state index contributed by atoms with van der Waals surface area (Å²) in [6.07, 6.45) is 3.00. The van der Waals surface area contributed by atoms with E-state index in [1.54, 1.807) is 7.11 Å². The third-order valence-corrected chi connectivity index (χ3v) is 4.89. The topological polar surface area (TPSA) is 55.6 Å². The molecule has 21 heavy (non-hydrogen) atoms. The van der Waals surface area contributed by atoms with Crippen LogP contribution < -0.4 is 5.73 Å². The SMILES string of the molecule is COC1CCN(C(=O)C2CC2c2ccccc2)C(CN)C1. The van der Waals surface area contributed by atoms with E-state index in [4.69, 9.17) is 10.5 Å². The van der Waals surface area contributed by atoms with Gasteiger partial charge in [0.25, 0.3) is 0 Å². The molecule has 0 aromatic heterocycles. The maximum absolute atomic E-state index is 12.7. The van der Waals surface area contributed by atoms with Crippen LogP contribution in [0.4, 0.5) is 0 Å². The molecule has 3 rings (SSSR count). The molecule has 1 aromatic rings. The molecule has 1 aromatic carbocycles. The lowest BCUT2D eigenvalue weighted by molar-refractivity contribution is -0.138. The molecule has 2 fully saturated rings. The van der Waals surface area contributed by atoms with Crippen LogP contribution in [0, 0.1) is 5.92 Å². The first-order valence-corrected chi connectivity index (χ1v) is 7.83. The molecule has 4 atom stereocenters. The van der Waals surface area contributed by atoms with Crippen molar-refractivity contribution in [3.63, 3.8) is 0 Å². The quantitative estimate of drug-likeness (QED) is 0.918. The fourth-order valence-corrected chi connectivity index (χ4v) is 3.49. The van der Waals surface area contributed by atoms with Crippen LogP contribution in [-0.2, 0) is 9.53 Å². The highest BCUT2D eigenvalue weighted by Gasteiger charge is 2.47. The van der Waals surface area contributed by atoms with Crippen LogP contribution in [0.3, 0.4) is 0 Å². The molecule has 114 valence electrons. The molecule has 4 heteroatoms. The van der Waals surface area contributed by atoms with Crippen molar-refractivity contribution in [1.82, 2.24) is 4.90 Å². The fourth-order valence-electron chi connectivity index (χ4n) is 3.49. The number of benzene rings is 1. The molecule has 0 bridgehead atoms. The van der Waals surface area contributed by atoms with Gasteiger partial charge in [0.2, 0.25) is 5.91 Å². The van der Waals surface area contributed by atoms with Crippen molar-refractivity contribution in [3.05, 3.63) is 35.9 Å². The Morgan fingerprint density at radius 3 is 2.76 bits per heavy atom. The van der Waals surface area contributed by atoms with Gasteiger partial charge < -0.3 is 15.4 Å². The lowest BCUT2D eigenvalue weighted by atomic mass is 9.98. The number of amides is 1. The van der Waals surface area contributed by atoms with E-state index in [0.29, 0.717) is 12.5 Å². The highest BCUT2D eigenvalue weighted by molar-refractivity contribution is 5.83. The molecule has 4 unspecified atom stereocenters. The number of nitrogens with zero attached hydrogens (tertiary/aromatic N) is 1. The summed E-state index contributed by atoms with van der Waals surface area (Å²) >= 11 is 0. The molecule has 0 radical (unpaired) electrons. The van der Waals surface area contributed by atoms with Crippen molar-refractivity contribution in [2.45, 2.75) is 37.3 Å². The number of carbonyl (C=O) groups excluding carboxylic acids is 1. The summed E-state index contributed by atoms with van der Waals surface area (Å²) < 4.78 is 5.42. The number of hydrogen-bond donors (Lipinski definition) is 1. The van der Waals surface area contributed by atoms with Crippen molar-refractivity contribution < 1.29 is 9.53 Å². The molecule has 1 saturated carbocycles. The predicted molar refractivity (Wildman–Crippen MR) is 81.9 cm³/mol. The zero-order valence-corrected chi connectivity index (χ0v) is 12.6. The molecule has 1 heterocycles. The lowest BCUT2D eigenvalue weighted by Gasteiger charge is -2.38. The standard InChI is InChI=1S/C17H24N2O2/c1-21-14-7-8-19(13(9-14)11-18)17(20)16-10-15(16)12-5-3-2-4-6-12/h2-6,13-16H,7-11,18H2,1H3. The van der Waals surface area contributed by atoms with Gasteiger partial charge in [-0.25, -0.2) is 0 Å². The molecular weight excluding hydrogens is 264 g/mol. The number of nitrogens with two attached hydrogens (primary N) is 1. The van der Waals surface area contributed by atoms with Crippen LogP contribution in [0.15, 0.2) is 30.3 Å². The summed E-state index contributed by atoms with van der Waals surface area (Å²) in [6, 6.07) is 10.5. The van der Waals surface area contributed by atoms with E-state index < -0.39 is 0 Å². The Balaban J connectivity index is 1.64. The minimum Gasteiger partial charge on any atom is -0.381 e. The number of ether oxygens (including phenoxy) is 1. The number of hydrogen-bond acceptors (Lipinski definition) is 3. The molecule has 1 saturated heterocycles. The first-order valence-electron chi connectivity index (χ1n) is 7.83. The summed E-state index contributed by atoms with van der Waals surface area (Å²) in [6.45, 7) is 1.30. The Bertz CT molecular complexity index is 491. The van der Waals surface area contributed by atoms with E-state index in [9.17, 15) is 4.79 Å². The van der Waals surface area contributed by atoms with E-state index in [1.807, 2.05) is 23.1 Å². The van der Waals surface area contributed by atoms with Crippen LogP contribution >= 0.6 is 0 Å². The number of likely N-dealkylation sites (tertiary alicyclic amines) is 1. The number of piperidine rings is 1. The second kappa shape index (κ2) is 6.16. The van der Waals surface area contributed by atoms with Crippen LogP contribution in [-0.4, -0.2) is 43.2 Å². The van der Waals surface area contributed by atoms with E-state index in [1.165, 1.54) is 5.56 Å². The van der Waals surface area contributed by atoms with Gasteiger partial charge in [0.05, 0.1) is 6.10 Å². The zero-order valence-electron chi connectivity index (χ0n) is 12.6. The highest BCUT2D eigenvalue weighted by atomic mass is 16.5. The monoisotopic (exact) mass is 288 g/mol.